The smallest absolute Gasteiger partial charge is 0.306 e. The van der Waals surface area contributed by atoms with E-state index < -0.39 is 17.7 Å². The minimum atomic E-state index is -1.58. The van der Waals surface area contributed by atoms with E-state index in [2.05, 4.69) is 5.32 Å². The van der Waals surface area contributed by atoms with Crippen LogP contribution in [-0.4, -0.2) is 92.6 Å². The molecule has 3 aliphatic rings. The number of carboxylic acid groups (broad SMARTS) is 1. The van der Waals surface area contributed by atoms with Crippen molar-refractivity contribution in [3.63, 3.8) is 0 Å². The lowest BCUT2D eigenvalue weighted by molar-refractivity contribution is -0.259. The maximum atomic E-state index is 15.1. The molecular formula is C41H45Cl2N5O6. The number of benzene rings is 3. The number of hydrogen-bond donors (Lipinski definition) is 2. The topological polar surface area (TPSA) is 124 Å². The number of likely N-dealkylation sites (tertiary alicyclic amines) is 1. The summed E-state index contributed by atoms with van der Waals surface area (Å²) >= 11 is 13.7. The fraction of sp³-hybridized carbons (Fsp3) is 0.415. The molecule has 3 aromatic carbocycles. The van der Waals surface area contributed by atoms with Crippen LogP contribution < -0.4 is 5.32 Å². The molecule has 3 heterocycles. The Kier molecular flexibility index (Phi) is 11.4. The van der Waals surface area contributed by atoms with Crippen molar-refractivity contribution in [3.8, 4) is 0 Å². The number of anilines is 1. The third-order valence-corrected chi connectivity index (χ3v) is 11.8. The van der Waals surface area contributed by atoms with Gasteiger partial charge in [0.1, 0.15) is 0 Å². The monoisotopic (exact) mass is 773 g/mol. The van der Waals surface area contributed by atoms with Crippen molar-refractivity contribution in [2.24, 2.45) is 13.0 Å². The zero-order valence-corrected chi connectivity index (χ0v) is 31.8. The van der Waals surface area contributed by atoms with Crippen LogP contribution in [0.1, 0.15) is 60.0 Å². The quantitative estimate of drug-likeness (QED) is 0.165. The summed E-state index contributed by atoms with van der Waals surface area (Å²) in [6.45, 7) is 2.45. The Morgan fingerprint density at radius 1 is 0.889 bits per heavy atom. The zero-order chi connectivity index (χ0) is 38.0. The lowest BCUT2D eigenvalue weighted by Crippen LogP contribution is -2.71. The largest absolute Gasteiger partial charge is 0.481 e. The molecule has 0 spiro atoms. The lowest BCUT2D eigenvalue weighted by Gasteiger charge is -2.51. The Morgan fingerprint density at radius 3 is 2.30 bits per heavy atom. The van der Waals surface area contributed by atoms with Gasteiger partial charge in [0.05, 0.1) is 34.8 Å². The first-order chi connectivity index (χ1) is 26.0. The molecule has 1 atom stereocenters. The van der Waals surface area contributed by atoms with E-state index in [1.165, 1.54) is 0 Å². The van der Waals surface area contributed by atoms with Gasteiger partial charge in [-0.2, -0.15) is 0 Å². The SMILES string of the molecule is Cn1cc(C(=O)Nc2cc(Cl)c(CC(=O)C(OC3CCC(C(=O)O)CC3)(N3CCCC3)N3CCN(Cc4ccccc4)C(=O)C3)cc2Cl)c2ccccc21. The summed E-state index contributed by atoms with van der Waals surface area (Å²) in [6, 6.07) is 20.6. The summed E-state index contributed by atoms with van der Waals surface area (Å²) in [6.07, 6.45) is 4.83. The summed E-state index contributed by atoms with van der Waals surface area (Å²) in [5, 5.41) is 13.8. The first-order valence-corrected chi connectivity index (χ1v) is 19.4. The molecule has 7 rings (SSSR count). The number of nitrogens with one attached hydrogen (secondary N) is 1. The van der Waals surface area contributed by atoms with Crippen molar-refractivity contribution in [1.29, 1.82) is 0 Å². The van der Waals surface area contributed by atoms with E-state index in [0.29, 0.717) is 75.2 Å². The van der Waals surface area contributed by atoms with Gasteiger partial charge in [-0.15, -0.1) is 0 Å². The molecule has 3 fully saturated rings. The number of Topliss-reactive ketones (excluding diaryl/α,β-unsaturated/α-hetero) is 1. The van der Waals surface area contributed by atoms with Crippen molar-refractivity contribution in [3.05, 3.63) is 99.7 Å². The number of hydrogen-bond acceptors (Lipinski definition) is 7. The molecule has 2 N–H and O–H groups in total. The highest BCUT2D eigenvalue weighted by Gasteiger charge is 2.54. The summed E-state index contributed by atoms with van der Waals surface area (Å²) in [7, 11) is 1.88. The molecule has 13 heteroatoms. The fourth-order valence-corrected chi connectivity index (χ4v) is 8.67. The van der Waals surface area contributed by atoms with Gasteiger partial charge >= 0.3 is 5.97 Å². The number of carboxylic acids is 1. The van der Waals surface area contributed by atoms with Crippen molar-refractivity contribution >= 4 is 63.4 Å². The highest BCUT2D eigenvalue weighted by Crippen LogP contribution is 2.38. The van der Waals surface area contributed by atoms with Gasteiger partial charge in [0.2, 0.25) is 11.8 Å². The van der Waals surface area contributed by atoms with E-state index in [4.69, 9.17) is 27.9 Å². The molecule has 2 amide bonds. The first kappa shape index (κ1) is 38.0. The molecule has 1 saturated carbocycles. The molecule has 1 aliphatic carbocycles. The number of aliphatic carboxylic acids is 1. The summed E-state index contributed by atoms with van der Waals surface area (Å²) < 4.78 is 8.89. The molecule has 4 aromatic rings. The molecule has 0 bridgehead atoms. The van der Waals surface area contributed by atoms with Crippen LogP contribution in [-0.2, 0) is 39.1 Å². The maximum Gasteiger partial charge on any atom is 0.306 e. The van der Waals surface area contributed by atoms with Gasteiger partial charge in [-0.1, -0.05) is 71.7 Å². The van der Waals surface area contributed by atoms with Gasteiger partial charge in [0.25, 0.3) is 5.91 Å². The molecular weight excluding hydrogens is 729 g/mol. The second-order valence-corrected chi connectivity index (χ2v) is 15.4. The molecule has 1 aromatic heterocycles. The van der Waals surface area contributed by atoms with Gasteiger partial charge in [-0.3, -0.25) is 24.1 Å². The molecule has 54 heavy (non-hydrogen) atoms. The van der Waals surface area contributed by atoms with Gasteiger partial charge in [0, 0.05) is 68.3 Å². The number of nitrogens with zero attached hydrogens (tertiary/aromatic N) is 4. The number of aryl methyl sites for hydroxylation is 1. The average Bonchev–Trinajstić information content (AvgIpc) is 3.83. The molecule has 11 nitrogen and oxygen atoms in total. The van der Waals surface area contributed by atoms with Gasteiger partial charge in [-0.05, 0) is 67.9 Å². The predicted molar refractivity (Wildman–Crippen MR) is 207 cm³/mol. The van der Waals surface area contributed by atoms with Crippen LogP contribution in [0.15, 0.2) is 72.9 Å². The molecule has 284 valence electrons. The van der Waals surface area contributed by atoms with E-state index in [-0.39, 0.29) is 46.7 Å². The molecule has 1 unspecified atom stereocenters. The lowest BCUT2D eigenvalue weighted by atomic mass is 9.87. The van der Waals surface area contributed by atoms with Crippen LogP contribution in [0.5, 0.6) is 0 Å². The Bertz CT molecular complexity index is 2040. The van der Waals surface area contributed by atoms with Gasteiger partial charge < -0.3 is 24.6 Å². The van der Waals surface area contributed by atoms with Crippen molar-refractivity contribution in [2.75, 3.05) is 38.0 Å². The first-order valence-electron chi connectivity index (χ1n) is 18.6. The van der Waals surface area contributed by atoms with Crippen molar-refractivity contribution in [1.82, 2.24) is 19.3 Å². The Labute approximate surface area is 324 Å². The number of aromatic nitrogens is 1. The number of rotatable bonds is 12. The number of amides is 2. The highest BCUT2D eigenvalue weighted by atomic mass is 35.5. The number of fused-ring (bicyclic) bond motifs is 1. The number of ketones is 1. The minimum absolute atomic E-state index is 0.0207. The molecule has 2 saturated heterocycles. The maximum absolute atomic E-state index is 15.1. The normalized spacial score (nSPS) is 20.9. The Balaban J connectivity index is 1.17. The van der Waals surface area contributed by atoms with Crippen LogP contribution in [0.3, 0.4) is 0 Å². The zero-order valence-electron chi connectivity index (χ0n) is 30.3. The van der Waals surface area contributed by atoms with Crippen molar-refractivity contribution < 1.29 is 29.0 Å². The summed E-state index contributed by atoms with van der Waals surface area (Å²) in [5.74, 6) is -3.58. The number of halogens is 2. The number of carbonyl (C=O) groups excluding carboxylic acids is 3. The second kappa shape index (κ2) is 16.2. The number of ether oxygens (including phenoxy) is 1. The van der Waals surface area contributed by atoms with Crippen molar-refractivity contribution in [2.45, 2.75) is 63.4 Å². The Morgan fingerprint density at radius 2 is 1.59 bits per heavy atom. The van der Waals surface area contributed by atoms with E-state index in [9.17, 15) is 19.5 Å². The van der Waals surface area contributed by atoms with Crippen LogP contribution in [0.4, 0.5) is 5.69 Å². The van der Waals surface area contributed by atoms with Crippen LogP contribution in [0.2, 0.25) is 10.0 Å². The number of carbonyl (C=O) groups is 4. The standard InChI is InChI=1S/C41H45Cl2N5O6/c1-45-25-32(31-11-5-6-12-36(31)45)39(51)44-35-23-33(42)29(21-34(35)43)22-37(49)41(47-17-7-8-18-47,54-30-15-13-28(14-16-30)40(52)53)48-20-19-46(38(50)26-48)24-27-9-3-2-4-10-27/h2-6,9-12,21,23,25,28,30H,7-8,13-20,22,24,26H2,1H3,(H,44,51)(H,52,53). The summed E-state index contributed by atoms with van der Waals surface area (Å²) in [5.41, 5.74) is 3.20. The second-order valence-electron chi connectivity index (χ2n) is 14.6. The predicted octanol–water partition coefficient (Wildman–Crippen LogP) is 6.60. The summed E-state index contributed by atoms with van der Waals surface area (Å²) in [4.78, 5) is 59.9. The van der Waals surface area contributed by atoms with Gasteiger partial charge in [-0.25, -0.2) is 4.90 Å². The van der Waals surface area contributed by atoms with E-state index in [0.717, 1.165) is 29.3 Å². The van der Waals surface area contributed by atoms with E-state index >= 15 is 4.79 Å². The fourth-order valence-electron chi connectivity index (χ4n) is 8.21. The van der Waals surface area contributed by atoms with E-state index in [1.54, 1.807) is 18.3 Å². The highest BCUT2D eigenvalue weighted by molar-refractivity contribution is 6.36. The molecule has 0 radical (unpaired) electrons. The van der Waals surface area contributed by atoms with Crippen LogP contribution >= 0.6 is 23.2 Å². The van der Waals surface area contributed by atoms with E-state index in [1.807, 2.05) is 80.9 Å². The minimum Gasteiger partial charge on any atom is -0.481 e. The van der Waals surface area contributed by atoms with Crippen LogP contribution in [0.25, 0.3) is 10.9 Å². The third-order valence-electron chi connectivity index (χ3n) is 11.1. The average molecular weight is 775 g/mol. The third kappa shape index (κ3) is 7.79. The number of para-hydroxylation sites is 1. The molecule has 2 aliphatic heterocycles. The van der Waals surface area contributed by atoms with Crippen LogP contribution in [0, 0.1) is 5.92 Å². The van der Waals surface area contributed by atoms with Gasteiger partial charge in [0.15, 0.2) is 5.78 Å². The number of piperazine rings is 1. The Hall–Kier alpha value is -4.26.